The van der Waals surface area contributed by atoms with Crippen molar-refractivity contribution in [3.05, 3.63) is 54.1 Å². The molecule has 28 heavy (non-hydrogen) atoms. The number of hydrogen-bond acceptors (Lipinski definition) is 3. The summed E-state index contributed by atoms with van der Waals surface area (Å²) in [5.41, 5.74) is 8.12. The molecule has 146 valence electrons. The Hall–Kier alpha value is -2.82. The molecule has 1 saturated carbocycles. The average Bonchev–Trinajstić information content (AvgIpc) is 3.36. The molecule has 2 aromatic rings. The standard InChI is InChI=1S/C23H26N2O3/c24-21(26)15-28-20-8-4-6-18(14-20)17-5-3-7-19(13-17)22(27)25-12-11-23(16-25)9-1-2-10-23/h3-8,13-14H,1-2,9-12,15-16H2,(H2,24,26). The number of primary amides is 1. The fourth-order valence-electron chi connectivity index (χ4n) is 4.58. The van der Waals surface area contributed by atoms with E-state index in [-0.39, 0.29) is 12.5 Å². The fourth-order valence-corrected chi connectivity index (χ4v) is 4.58. The maximum atomic E-state index is 13.1. The smallest absolute Gasteiger partial charge is 0.255 e. The topological polar surface area (TPSA) is 72.6 Å². The molecule has 2 N–H and O–H groups in total. The zero-order chi connectivity index (χ0) is 19.6. The van der Waals surface area contributed by atoms with Crippen LogP contribution in [0.15, 0.2) is 48.5 Å². The first-order chi connectivity index (χ1) is 13.5. The lowest BCUT2D eigenvalue weighted by molar-refractivity contribution is -0.119. The van der Waals surface area contributed by atoms with Crippen molar-refractivity contribution in [3.63, 3.8) is 0 Å². The monoisotopic (exact) mass is 378 g/mol. The van der Waals surface area contributed by atoms with Crippen molar-refractivity contribution in [3.8, 4) is 16.9 Å². The van der Waals surface area contributed by atoms with E-state index in [9.17, 15) is 9.59 Å². The summed E-state index contributed by atoms with van der Waals surface area (Å²) in [5, 5.41) is 0. The summed E-state index contributed by atoms with van der Waals surface area (Å²) in [6, 6.07) is 15.2. The van der Waals surface area contributed by atoms with Crippen LogP contribution in [0.3, 0.4) is 0 Å². The first kappa shape index (κ1) is 18.5. The molecular formula is C23H26N2O3. The molecule has 1 spiro atoms. The van der Waals surface area contributed by atoms with Gasteiger partial charge in [0.1, 0.15) is 5.75 Å². The third-order valence-corrected chi connectivity index (χ3v) is 6.05. The third-order valence-electron chi connectivity index (χ3n) is 6.05. The summed E-state index contributed by atoms with van der Waals surface area (Å²) in [4.78, 5) is 26.0. The molecule has 1 saturated heterocycles. The van der Waals surface area contributed by atoms with Crippen LogP contribution in [0.25, 0.3) is 11.1 Å². The van der Waals surface area contributed by atoms with E-state index in [1.54, 1.807) is 6.07 Å². The van der Waals surface area contributed by atoms with Gasteiger partial charge >= 0.3 is 0 Å². The number of likely N-dealkylation sites (tertiary alicyclic amines) is 1. The predicted octanol–water partition coefficient (Wildman–Crippen LogP) is 3.62. The van der Waals surface area contributed by atoms with Crippen LogP contribution < -0.4 is 10.5 Å². The molecule has 5 heteroatoms. The van der Waals surface area contributed by atoms with Crippen molar-refractivity contribution in [1.82, 2.24) is 4.90 Å². The average molecular weight is 378 g/mol. The van der Waals surface area contributed by atoms with Crippen LogP contribution in [-0.4, -0.2) is 36.4 Å². The number of nitrogens with zero attached hydrogens (tertiary/aromatic N) is 1. The molecule has 0 unspecified atom stereocenters. The van der Waals surface area contributed by atoms with Gasteiger partial charge in [0, 0.05) is 18.7 Å². The second-order valence-corrected chi connectivity index (χ2v) is 8.05. The molecule has 0 bridgehead atoms. The summed E-state index contributed by atoms with van der Waals surface area (Å²) in [6.07, 6.45) is 6.25. The summed E-state index contributed by atoms with van der Waals surface area (Å²) < 4.78 is 5.39. The Balaban J connectivity index is 1.51. The van der Waals surface area contributed by atoms with Gasteiger partial charge in [-0.05, 0) is 60.1 Å². The lowest BCUT2D eigenvalue weighted by Crippen LogP contribution is -2.31. The van der Waals surface area contributed by atoms with E-state index in [2.05, 4.69) is 0 Å². The van der Waals surface area contributed by atoms with Gasteiger partial charge < -0.3 is 15.4 Å². The van der Waals surface area contributed by atoms with Crippen LogP contribution in [0.5, 0.6) is 5.75 Å². The van der Waals surface area contributed by atoms with Crippen LogP contribution in [0.1, 0.15) is 42.5 Å². The van der Waals surface area contributed by atoms with Crippen molar-refractivity contribution in [2.75, 3.05) is 19.7 Å². The maximum Gasteiger partial charge on any atom is 0.255 e. The number of hydrogen-bond donors (Lipinski definition) is 1. The van der Waals surface area contributed by atoms with E-state index in [1.807, 2.05) is 47.4 Å². The lowest BCUT2D eigenvalue weighted by Gasteiger charge is -2.23. The number of carbonyl (C=O) groups is 2. The lowest BCUT2D eigenvalue weighted by atomic mass is 9.86. The van der Waals surface area contributed by atoms with Crippen molar-refractivity contribution < 1.29 is 14.3 Å². The molecule has 2 aliphatic rings. The molecule has 5 nitrogen and oxygen atoms in total. The Morgan fingerprint density at radius 3 is 2.46 bits per heavy atom. The van der Waals surface area contributed by atoms with Gasteiger partial charge in [-0.3, -0.25) is 9.59 Å². The number of rotatable bonds is 5. The largest absolute Gasteiger partial charge is 0.484 e. The Bertz CT molecular complexity index is 887. The number of carbonyl (C=O) groups excluding carboxylic acids is 2. The van der Waals surface area contributed by atoms with Crippen LogP contribution in [0.2, 0.25) is 0 Å². The van der Waals surface area contributed by atoms with Crippen molar-refractivity contribution in [1.29, 1.82) is 0 Å². The number of amides is 2. The summed E-state index contributed by atoms with van der Waals surface area (Å²) in [7, 11) is 0. The Kier molecular flexibility index (Phi) is 5.07. The van der Waals surface area contributed by atoms with E-state index in [0.29, 0.717) is 11.2 Å². The van der Waals surface area contributed by atoms with Crippen molar-refractivity contribution >= 4 is 11.8 Å². The van der Waals surface area contributed by atoms with Gasteiger partial charge in [-0.25, -0.2) is 0 Å². The Morgan fingerprint density at radius 1 is 1.00 bits per heavy atom. The summed E-state index contributed by atoms with van der Waals surface area (Å²) in [6.45, 7) is 1.60. The van der Waals surface area contributed by atoms with Crippen molar-refractivity contribution in [2.24, 2.45) is 11.1 Å². The predicted molar refractivity (Wildman–Crippen MR) is 108 cm³/mol. The van der Waals surface area contributed by atoms with Gasteiger partial charge in [0.05, 0.1) is 0 Å². The Labute approximate surface area is 165 Å². The summed E-state index contributed by atoms with van der Waals surface area (Å²) in [5.74, 6) is 0.186. The second-order valence-electron chi connectivity index (χ2n) is 8.05. The van der Waals surface area contributed by atoms with E-state index in [1.165, 1.54) is 25.7 Å². The number of benzene rings is 2. The molecule has 2 fully saturated rings. The van der Waals surface area contributed by atoms with Gasteiger partial charge in [-0.15, -0.1) is 0 Å². The SMILES string of the molecule is NC(=O)COc1cccc(-c2cccc(C(=O)N3CCC4(CCCC4)C3)c2)c1. The van der Waals surface area contributed by atoms with Crippen LogP contribution in [-0.2, 0) is 4.79 Å². The van der Waals surface area contributed by atoms with Crippen LogP contribution in [0, 0.1) is 5.41 Å². The minimum atomic E-state index is -0.511. The first-order valence-corrected chi connectivity index (χ1v) is 9.96. The molecular weight excluding hydrogens is 352 g/mol. The second kappa shape index (κ2) is 7.66. The van der Waals surface area contributed by atoms with Crippen LogP contribution >= 0.6 is 0 Å². The van der Waals surface area contributed by atoms with Gasteiger partial charge in [0.25, 0.3) is 11.8 Å². The summed E-state index contributed by atoms with van der Waals surface area (Å²) >= 11 is 0. The number of nitrogens with two attached hydrogens (primary N) is 1. The molecule has 1 heterocycles. The van der Waals surface area contributed by atoms with Gasteiger partial charge in [-0.1, -0.05) is 37.1 Å². The highest BCUT2D eigenvalue weighted by Gasteiger charge is 2.41. The van der Waals surface area contributed by atoms with E-state index >= 15 is 0 Å². The van der Waals surface area contributed by atoms with E-state index in [0.717, 1.165) is 36.2 Å². The highest BCUT2D eigenvalue weighted by Crippen LogP contribution is 2.45. The highest BCUT2D eigenvalue weighted by atomic mass is 16.5. The molecule has 0 aromatic heterocycles. The minimum absolute atomic E-state index is 0.117. The number of ether oxygens (including phenoxy) is 1. The van der Waals surface area contributed by atoms with E-state index in [4.69, 9.17) is 10.5 Å². The fraction of sp³-hybridized carbons (Fsp3) is 0.391. The van der Waals surface area contributed by atoms with Crippen molar-refractivity contribution in [2.45, 2.75) is 32.1 Å². The third kappa shape index (κ3) is 3.88. The quantitative estimate of drug-likeness (QED) is 0.864. The molecule has 0 radical (unpaired) electrons. The van der Waals surface area contributed by atoms with E-state index < -0.39 is 5.91 Å². The Morgan fingerprint density at radius 2 is 1.71 bits per heavy atom. The van der Waals surface area contributed by atoms with Crippen LogP contribution in [0.4, 0.5) is 0 Å². The van der Waals surface area contributed by atoms with Gasteiger partial charge in [0.15, 0.2) is 6.61 Å². The normalized spacial score (nSPS) is 17.8. The molecule has 1 aliphatic carbocycles. The first-order valence-electron chi connectivity index (χ1n) is 9.96. The maximum absolute atomic E-state index is 13.1. The molecule has 4 rings (SSSR count). The molecule has 1 aliphatic heterocycles. The highest BCUT2D eigenvalue weighted by molar-refractivity contribution is 5.95. The van der Waals surface area contributed by atoms with Gasteiger partial charge in [0.2, 0.25) is 0 Å². The molecule has 2 amide bonds. The van der Waals surface area contributed by atoms with Gasteiger partial charge in [-0.2, -0.15) is 0 Å². The zero-order valence-corrected chi connectivity index (χ0v) is 16.0. The zero-order valence-electron chi connectivity index (χ0n) is 16.0. The molecule has 2 aromatic carbocycles. The minimum Gasteiger partial charge on any atom is -0.484 e. The molecule has 0 atom stereocenters.